The zero-order valence-corrected chi connectivity index (χ0v) is 17.5. The van der Waals surface area contributed by atoms with Gasteiger partial charge in [-0.3, -0.25) is 14.2 Å². The SMILES string of the molecule is CN(C)C(=O)CNC(=O)CSc1nnc(N2CCCC2)n1-c1cccc(Cl)c1. The number of amides is 2. The number of halogens is 1. The van der Waals surface area contributed by atoms with Crippen molar-refractivity contribution in [1.29, 1.82) is 0 Å². The van der Waals surface area contributed by atoms with Crippen molar-refractivity contribution in [3.63, 3.8) is 0 Å². The lowest BCUT2D eigenvalue weighted by atomic mass is 10.3. The maximum Gasteiger partial charge on any atom is 0.241 e. The summed E-state index contributed by atoms with van der Waals surface area (Å²) in [5, 5.41) is 12.5. The van der Waals surface area contributed by atoms with E-state index in [9.17, 15) is 9.59 Å². The molecule has 0 radical (unpaired) electrons. The molecule has 8 nitrogen and oxygen atoms in total. The van der Waals surface area contributed by atoms with E-state index in [2.05, 4.69) is 20.4 Å². The van der Waals surface area contributed by atoms with Crippen molar-refractivity contribution in [3.8, 4) is 5.69 Å². The first-order chi connectivity index (χ1) is 13.5. The molecule has 0 unspecified atom stereocenters. The van der Waals surface area contributed by atoms with Crippen LogP contribution in [0, 0.1) is 0 Å². The Labute approximate surface area is 173 Å². The van der Waals surface area contributed by atoms with Gasteiger partial charge in [0.2, 0.25) is 17.8 Å². The van der Waals surface area contributed by atoms with Gasteiger partial charge < -0.3 is 15.1 Å². The minimum absolute atomic E-state index is 0.0214. The van der Waals surface area contributed by atoms with Crippen molar-refractivity contribution in [2.45, 2.75) is 18.0 Å². The van der Waals surface area contributed by atoms with Crippen LogP contribution in [0.15, 0.2) is 29.4 Å². The van der Waals surface area contributed by atoms with Gasteiger partial charge in [-0.05, 0) is 31.0 Å². The molecule has 0 atom stereocenters. The number of hydrogen-bond donors (Lipinski definition) is 1. The number of aromatic nitrogens is 3. The highest BCUT2D eigenvalue weighted by atomic mass is 35.5. The Morgan fingerprint density at radius 1 is 1.25 bits per heavy atom. The molecule has 1 saturated heterocycles. The van der Waals surface area contributed by atoms with Crippen molar-refractivity contribution in [1.82, 2.24) is 25.0 Å². The maximum absolute atomic E-state index is 12.1. The second kappa shape index (κ2) is 9.29. The number of likely N-dealkylation sites (N-methyl/N-ethyl adjacent to an activating group) is 1. The summed E-state index contributed by atoms with van der Waals surface area (Å²) in [4.78, 5) is 27.3. The molecule has 0 bridgehead atoms. The molecule has 0 spiro atoms. The second-order valence-corrected chi connectivity index (χ2v) is 8.02. The molecular formula is C18H23ClN6O2S. The smallest absolute Gasteiger partial charge is 0.241 e. The van der Waals surface area contributed by atoms with Gasteiger partial charge in [0.05, 0.1) is 18.0 Å². The standard InChI is InChI=1S/C18H23ClN6O2S/c1-23(2)16(27)11-20-15(26)12-28-18-22-21-17(24-8-3-4-9-24)25(18)14-7-5-6-13(19)10-14/h5-7,10H,3-4,8-9,11-12H2,1-2H3,(H,20,26). The highest BCUT2D eigenvalue weighted by molar-refractivity contribution is 7.99. The fraction of sp³-hybridized carbons (Fsp3) is 0.444. The summed E-state index contributed by atoms with van der Waals surface area (Å²) >= 11 is 7.45. The Balaban J connectivity index is 1.75. The molecule has 10 heteroatoms. The lowest BCUT2D eigenvalue weighted by Gasteiger charge is -2.18. The number of carbonyl (C=O) groups is 2. The van der Waals surface area contributed by atoms with Crippen LogP contribution in [0.5, 0.6) is 0 Å². The number of rotatable bonds is 7. The first-order valence-electron chi connectivity index (χ1n) is 9.01. The predicted octanol–water partition coefficient (Wildman–Crippen LogP) is 1.82. The van der Waals surface area contributed by atoms with E-state index in [0.29, 0.717) is 10.2 Å². The normalized spacial score (nSPS) is 13.6. The third kappa shape index (κ3) is 4.96. The second-order valence-electron chi connectivity index (χ2n) is 6.65. The molecule has 1 fully saturated rings. The number of benzene rings is 1. The fourth-order valence-electron chi connectivity index (χ4n) is 2.83. The van der Waals surface area contributed by atoms with Crippen LogP contribution in [0.4, 0.5) is 5.95 Å². The molecule has 1 aromatic heterocycles. The Morgan fingerprint density at radius 2 is 2.00 bits per heavy atom. The highest BCUT2D eigenvalue weighted by Gasteiger charge is 2.23. The monoisotopic (exact) mass is 422 g/mol. The molecular weight excluding hydrogens is 400 g/mol. The van der Waals surface area contributed by atoms with Gasteiger partial charge in [0.25, 0.3) is 0 Å². The Kier molecular flexibility index (Phi) is 6.79. The lowest BCUT2D eigenvalue weighted by Crippen LogP contribution is -2.37. The van der Waals surface area contributed by atoms with E-state index in [1.165, 1.54) is 16.7 Å². The number of thioether (sulfide) groups is 1. The minimum atomic E-state index is -0.233. The van der Waals surface area contributed by atoms with Crippen LogP contribution in [-0.4, -0.2) is 71.0 Å². The summed E-state index contributed by atoms with van der Waals surface area (Å²) in [6.45, 7) is 1.83. The average molecular weight is 423 g/mol. The molecule has 28 heavy (non-hydrogen) atoms. The molecule has 0 aliphatic carbocycles. The van der Waals surface area contributed by atoms with Gasteiger partial charge in [-0.25, -0.2) is 0 Å². The molecule has 1 N–H and O–H groups in total. The van der Waals surface area contributed by atoms with Crippen LogP contribution in [0.1, 0.15) is 12.8 Å². The van der Waals surface area contributed by atoms with Crippen LogP contribution in [-0.2, 0) is 9.59 Å². The van der Waals surface area contributed by atoms with Crippen molar-refractivity contribution >= 4 is 41.1 Å². The summed E-state index contributed by atoms with van der Waals surface area (Å²) < 4.78 is 1.93. The first-order valence-corrected chi connectivity index (χ1v) is 10.4. The number of nitrogens with one attached hydrogen (secondary N) is 1. The van der Waals surface area contributed by atoms with Crippen molar-refractivity contribution in [2.75, 3.05) is 44.4 Å². The molecule has 150 valence electrons. The summed E-state index contributed by atoms with van der Waals surface area (Å²) in [5.74, 6) is 0.505. The van der Waals surface area contributed by atoms with Gasteiger partial charge in [0.15, 0.2) is 5.16 Å². The van der Waals surface area contributed by atoms with Crippen LogP contribution in [0.3, 0.4) is 0 Å². The van der Waals surface area contributed by atoms with E-state index in [1.807, 2.05) is 28.8 Å². The number of carbonyl (C=O) groups excluding carboxylic acids is 2. The van der Waals surface area contributed by atoms with Crippen LogP contribution < -0.4 is 10.2 Å². The molecule has 3 rings (SSSR count). The van der Waals surface area contributed by atoms with Gasteiger partial charge in [-0.2, -0.15) is 0 Å². The lowest BCUT2D eigenvalue weighted by molar-refractivity contribution is -0.130. The molecule has 1 aliphatic rings. The fourth-order valence-corrected chi connectivity index (χ4v) is 3.79. The van der Waals surface area contributed by atoms with Gasteiger partial charge in [-0.1, -0.05) is 29.4 Å². The van der Waals surface area contributed by atoms with Crippen molar-refractivity contribution < 1.29 is 9.59 Å². The zero-order valence-electron chi connectivity index (χ0n) is 15.9. The number of hydrogen-bond acceptors (Lipinski definition) is 6. The van der Waals surface area contributed by atoms with Crippen LogP contribution in [0.25, 0.3) is 5.69 Å². The van der Waals surface area contributed by atoms with E-state index in [-0.39, 0.29) is 24.1 Å². The molecule has 1 aromatic carbocycles. The van der Waals surface area contributed by atoms with E-state index < -0.39 is 0 Å². The topological polar surface area (TPSA) is 83.4 Å². The zero-order chi connectivity index (χ0) is 20.1. The van der Waals surface area contributed by atoms with E-state index in [1.54, 1.807) is 14.1 Å². The van der Waals surface area contributed by atoms with Gasteiger partial charge in [-0.15, -0.1) is 10.2 Å². The molecule has 1 aliphatic heterocycles. The third-order valence-electron chi connectivity index (χ3n) is 4.34. The first kappa shape index (κ1) is 20.5. The van der Waals surface area contributed by atoms with Gasteiger partial charge in [0.1, 0.15) is 0 Å². The summed E-state index contributed by atoms with van der Waals surface area (Å²) in [5.41, 5.74) is 0.852. The van der Waals surface area contributed by atoms with E-state index >= 15 is 0 Å². The summed E-state index contributed by atoms with van der Waals surface area (Å²) in [7, 11) is 3.30. The minimum Gasteiger partial charge on any atom is -0.347 e. The summed E-state index contributed by atoms with van der Waals surface area (Å²) in [6, 6.07) is 7.48. The molecule has 2 amide bonds. The Morgan fingerprint density at radius 3 is 2.68 bits per heavy atom. The maximum atomic E-state index is 12.1. The van der Waals surface area contributed by atoms with Crippen molar-refractivity contribution in [3.05, 3.63) is 29.3 Å². The Hall–Kier alpha value is -2.26. The predicted molar refractivity (Wildman–Crippen MR) is 110 cm³/mol. The number of anilines is 1. The van der Waals surface area contributed by atoms with E-state index in [0.717, 1.165) is 37.6 Å². The quantitative estimate of drug-likeness (QED) is 0.685. The van der Waals surface area contributed by atoms with Crippen LogP contribution in [0.2, 0.25) is 5.02 Å². The van der Waals surface area contributed by atoms with Gasteiger partial charge in [0, 0.05) is 32.2 Å². The average Bonchev–Trinajstić information content (AvgIpc) is 3.33. The molecule has 0 saturated carbocycles. The highest BCUT2D eigenvalue weighted by Crippen LogP contribution is 2.29. The van der Waals surface area contributed by atoms with E-state index in [4.69, 9.17) is 11.6 Å². The third-order valence-corrected chi connectivity index (χ3v) is 5.50. The Bertz CT molecular complexity index is 850. The largest absolute Gasteiger partial charge is 0.347 e. The molecule has 2 aromatic rings. The summed E-state index contributed by atoms with van der Waals surface area (Å²) in [6.07, 6.45) is 2.24. The van der Waals surface area contributed by atoms with Gasteiger partial charge >= 0.3 is 0 Å². The number of nitrogens with zero attached hydrogens (tertiary/aromatic N) is 5. The van der Waals surface area contributed by atoms with Crippen molar-refractivity contribution in [2.24, 2.45) is 0 Å². The van der Waals surface area contributed by atoms with Crippen LogP contribution >= 0.6 is 23.4 Å². The molecule has 2 heterocycles.